The predicted octanol–water partition coefficient (Wildman–Crippen LogP) is 1.35. The maximum atomic E-state index is 11.4. The van der Waals surface area contributed by atoms with E-state index in [-0.39, 0.29) is 18.1 Å². The minimum Gasteiger partial charge on any atom is -0.396 e. The number of carbonyl (C=O) groups excluding carboxylic acids is 1. The fraction of sp³-hybridized carbons (Fsp3) is 0.867. The van der Waals surface area contributed by atoms with Crippen molar-refractivity contribution >= 4 is 23.2 Å². The number of amides is 1. The van der Waals surface area contributed by atoms with Crippen LogP contribution < -0.4 is 5.32 Å². The molecular weight excluding hydrogens is 286 g/mol. The normalized spacial score (nSPS) is 16.7. The third-order valence-electron chi connectivity index (χ3n) is 3.65. The van der Waals surface area contributed by atoms with Crippen LogP contribution in [0.3, 0.4) is 0 Å². The molecule has 0 aromatic heterocycles. The van der Waals surface area contributed by atoms with Crippen LogP contribution in [0.25, 0.3) is 0 Å². The van der Waals surface area contributed by atoms with E-state index in [0.717, 1.165) is 37.6 Å². The molecule has 1 fully saturated rings. The van der Waals surface area contributed by atoms with Crippen LogP contribution in [0.1, 0.15) is 47.0 Å². The van der Waals surface area contributed by atoms with Crippen LogP contribution in [-0.2, 0) is 4.79 Å². The number of hydrogen-bond donors (Lipinski definition) is 2. The highest BCUT2D eigenvalue weighted by Crippen LogP contribution is 2.18. The molecule has 0 spiro atoms. The number of likely N-dealkylation sites (tertiary alicyclic amines) is 1. The summed E-state index contributed by atoms with van der Waals surface area (Å²) < 4.78 is 0. The lowest BCUT2D eigenvalue weighted by atomic mass is 10.0. The minimum atomic E-state index is -0.0748. The maximum absolute atomic E-state index is 11.4. The summed E-state index contributed by atoms with van der Waals surface area (Å²) in [6.45, 7) is 10.4. The summed E-state index contributed by atoms with van der Waals surface area (Å²) in [5.74, 6) is 0.144. The van der Waals surface area contributed by atoms with Crippen LogP contribution >= 0.6 is 12.2 Å². The average molecular weight is 315 g/mol. The number of hydrogen-bond acceptors (Lipinski definition) is 3. The van der Waals surface area contributed by atoms with Crippen molar-refractivity contribution in [2.24, 2.45) is 0 Å². The Kier molecular flexibility index (Phi) is 6.87. The van der Waals surface area contributed by atoms with Gasteiger partial charge in [-0.25, -0.2) is 0 Å². The summed E-state index contributed by atoms with van der Waals surface area (Å²) in [6.07, 6.45) is 2.56. The summed E-state index contributed by atoms with van der Waals surface area (Å²) in [6, 6.07) is 0.342. The summed E-state index contributed by atoms with van der Waals surface area (Å²) >= 11 is 5.55. The van der Waals surface area contributed by atoms with Crippen molar-refractivity contribution in [2.45, 2.75) is 58.5 Å². The number of carbonyl (C=O) groups is 1. The van der Waals surface area contributed by atoms with Crippen LogP contribution in [0.15, 0.2) is 0 Å². The number of nitrogens with zero attached hydrogens (tertiary/aromatic N) is 2. The molecule has 0 aliphatic carbocycles. The SMILES string of the molecule is CC(=O)N1CCC(N(CCCO)C(=S)NC(C)(C)C)CC1. The highest BCUT2D eigenvalue weighted by Gasteiger charge is 2.28. The van der Waals surface area contributed by atoms with Crippen molar-refractivity contribution in [3.63, 3.8) is 0 Å². The van der Waals surface area contributed by atoms with Crippen LogP contribution in [0, 0.1) is 0 Å². The van der Waals surface area contributed by atoms with Gasteiger partial charge in [0.15, 0.2) is 5.11 Å². The fourth-order valence-corrected chi connectivity index (χ4v) is 3.12. The summed E-state index contributed by atoms with van der Waals surface area (Å²) in [5.41, 5.74) is -0.0748. The second kappa shape index (κ2) is 7.94. The van der Waals surface area contributed by atoms with Gasteiger partial charge in [-0.05, 0) is 52.3 Å². The number of aliphatic hydroxyl groups excluding tert-OH is 1. The van der Waals surface area contributed by atoms with E-state index in [1.54, 1.807) is 6.92 Å². The molecular formula is C15H29N3O2S. The predicted molar refractivity (Wildman–Crippen MR) is 89.2 cm³/mol. The van der Waals surface area contributed by atoms with Crippen molar-refractivity contribution in [1.29, 1.82) is 0 Å². The molecule has 21 heavy (non-hydrogen) atoms. The Labute approximate surface area is 133 Å². The third kappa shape index (κ3) is 6.18. The molecule has 1 saturated heterocycles. The number of aliphatic hydroxyl groups is 1. The van der Waals surface area contributed by atoms with Crippen LogP contribution in [0.5, 0.6) is 0 Å². The summed E-state index contributed by atoms with van der Waals surface area (Å²) in [5, 5.41) is 13.2. The molecule has 0 saturated carbocycles. The number of rotatable bonds is 4. The molecule has 1 aliphatic rings. The van der Waals surface area contributed by atoms with E-state index in [2.05, 4.69) is 31.0 Å². The Morgan fingerprint density at radius 3 is 2.38 bits per heavy atom. The second-order valence-corrected chi connectivity index (χ2v) is 7.07. The first kappa shape index (κ1) is 18.2. The molecule has 0 unspecified atom stereocenters. The fourth-order valence-electron chi connectivity index (χ4n) is 2.58. The van der Waals surface area contributed by atoms with Gasteiger partial charge in [0.1, 0.15) is 0 Å². The zero-order valence-electron chi connectivity index (χ0n) is 13.7. The quantitative estimate of drug-likeness (QED) is 0.767. The van der Waals surface area contributed by atoms with E-state index < -0.39 is 0 Å². The Hall–Kier alpha value is -0.880. The third-order valence-corrected chi connectivity index (χ3v) is 3.99. The Morgan fingerprint density at radius 1 is 1.38 bits per heavy atom. The van der Waals surface area contributed by atoms with Crippen molar-refractivity contribution in [3.8, 4) is 0 Å². The van der Waals surface area contributed by atoms with E-state index >= 15 is 0 Å². The maximum Gasteiger partial charge on any atom is 0.219 e. The Balaban J connectivity index is 2.65. The van der Waals surface area contributed by atoms with E-state index in [0.29, 0.717) is 12.5 Å². The summed E-state index contributed by atoms with van der Waals surface area (Å²) in [4.78, 5) is 15.5. The van der Waals surface area contributed by atoms with E-state index in [4.69, 9.17) is 17.3 Å². The van der Waals surface area contributed by atoms with Gasteiger partial charge in [0, 0.05) is 44.7 Å². The standard InChI is InChI=1S/C15H29N3O2S/c1-12(20)17-9-6-13(7-10-17)18(8-5-11-19)14(21)16-15(2,3)4/h13,19H,5-11H2,1-4H3,(H,16,21). The Bertz CT molecular complexity index is 360. The van der Waals surface area contributed by atoms with E-state index in [1.807, 2.05) is 4.90 Å². The monoisotopic (exact) mass is 315 g/mol. The molecule has 1 heterocycles. The molecule has 0 aromatic carbocycles. The molecule has 2 N–H and O–H groups in total. The van der Waals surface area contributed by atoms with Gasteiger partial charge in [-0.1, -0.05) is 0 Å². The van der Waals surface area contributed by atoms with Gasteiger partial charge in [0.2, 0.25) is 5.91 Å². The first-order valence-electron chi connectivity index (χ1n) is 7.70. The first-order valence-corrected chi connectivity index (χ1v) is 8.10. The van der Waals surface area contributed by atoms with Gasteiger partial charge in [-0.15, -0.1) is 0 Å². The zero-order chi connectivity index (χ0) is 16.0. The lowest BCUT2D eigenvalue weighted by molar-refractivity contribution is -0.130. The van der Waals surface area contributed by atoms with Crippen molar-refractivity contribution < 1.29 is 9.90 Å². The molecule has 1 rings (SSSR count). The molecule has 1 amide bonds. The molecule has 0 aromatic rings. The smallest absolute Gasteiger partial charge is 0.219 e. The van der Waals surface area contributed by atoms with Gasteiger partial charge in [0.05, 0.1) is 0 Å². The molecule has 0 atom stereocenters. The molecule has 1 aliphatic heterocycles. The van der Waals surface area contributed by atoms with Crippen LogP contribution in [0.2, 0.25) is 0 Å². The number of nitrogens with one attached hydrogen (secondary N) is 1. The van der Waals surface area contributed by atoms with E-state index in [1.165, 1.54) is 0 Å². The highest BCUT2D eigenvalue weighted by molar-refractivity contribution is 7.80. The van der Waals surface area contributed by atoms with Gasteiger partial charge in [-0.2, -0.15) is 0 Å². The molecule has 0 radical (unpaired) electrons. The topological polar surface area (TPSA) is 55.8 Å². The van der Waals surface area contributed by atoms with E-state index in [9.17, 15) is 4.79 Å². The van der Waals surface area contributed by atoms with Gasteiger partial charge >= 0.3 is 0 Å². The Morgan fingerprint density at radius 2 is 1.95 bits per heavy atom. The van der Waals surface area contributed by atoms with Crippen molar-refractivity contribution in [1.82, 2.24) is 15.1 Å². The van der Waals surface area contributed by atoms with Crippen LogP contribution in [-0.4, -0.2) is 63.7 Å². The number of thiocarbonyl (C=S) groups is 1. The molecule has 122 valence electrons. The lowest BCUT2D eigenvalue weighted by Crippen LogP contribution is -2.55. The zero-order valence-corrected chi connectivity index (χ0v) is 14.5. The van der Waals surface area contributed by atoms with Gasteiger partial charge < -0.3 is 20.2 Å². The highest BCUT2D eigenvalue weighted by atomic mass is 32.1. The number of piperidine rings is 1. The summed E-state index contributed by atoms with van der Waals surface area (Å²) in [7, 11) is 0. The lowest BCUT2D eigenvalue weighted by Gasteiger charge is -2.41. The average Bonchev–Trinajstić information content (AvgIpc) is 2.37. The van der Waals surface area contributed by atoms with Crippen molar-refractivity contribution in [3.05, 3.63) is 0 Å². The van der Waals surface area contributed by atoms with Crippen LogP contribution in [0.4, 0.5) is 0 Å². The van der Waals surface area contributed by atoms with Gasteiger partial charge in [-0.3, -0.25) is 4.79 Å². The first-order chi connectivity index (χ1) is 9.74. The second-order valence-electron chi connectivity index (χ2n) is 6.69. The largest absolute Gasteiger partial charge is 0.396 e. The molecule has 6 heteroatoms. The van der Waals surface area contributed by atoms with Gasteiger partial charge in [0.25, 0.3) is 0 Å². The minimum absolute atomic E-state index is 0.0748. The molecule has 0 bridgehead atoms. The van der Waals surface area contributed by atoms with Crippen molar-refractivity contribution in [2.75, 3.05) is 26.2 Å². The molecule has 5 nitrogen and oxygen atoms in total.